The van der Waals surface area contributed by atoms with Crippen molar-refractivity contribution in [2.45, 2.75) is 58.7 Å². The van der Waals surface area contributed by atoms with E-state index in [4.69, 9.17) is 9.84 Å². The second-order valence-electron chi connectivity index (χ2n) is 5.67. The van der Waals surface area contributed by atoms with Gasteiger partial charge in [0.15, 0.2) is 0 Å². The highest BCUT2D eigenvalue weighted by atomic mass is 16.5. The molecule has 0 heterocycles. The first-order valence-corrected chi connectivity index (χ1v) is 7.17. The number of carbonyl (C=O) groups excluding carboxylic acids is 1. The number of allylic oxidation sites excluding steroid dienone is 1. The first-order valence-electron chi connectivity index (χ1n) is 7.17. The number of aliphatic hydroxyl groups is 2. The zero-order chi connectivity index (χ0) is 16.5. The summed E-state index contributed by atoms with van der Waals surface area (Å²) in [6.07, 6.45) is 6.84. The molecule has 4 heteroatoms. The number of aliphatic hydroxyl groups excluding tert-OH is 1. The maximum absolute atomic E-state index is 11.1. The molecule has 0 aromatic carbocycles. The second-order valence-corrected chi connectivity index (χ2v) is 5.67. The molecule has 0 aliphatic heterocycles. The van der Waals surface area contributed by atoms with Gasteiger partial charge in [0, 0.05) is 13.3 Å². The van der Waals surface area contributed by atoms with Gasteiger partial charge < -0.3 is 14.9 Å². The Morgan fingerprint density at radius 3 is 2.43 bits per heavy atom. The molecule has 0 aromatic heterocycles. The van der Waals surface area contributed by atoms with E-state index in [2.05, 4.69) is 6.58 Å². The predicted molar refractivity (Wildman–Crippen MR) is 84.8 cm³/mol. The van der Waals surface area contributed by atoms with Crippen LogP contribution in [0, 0.1) is 0 Å². The molecule has 0 amide bonds. The number of hydrogen-bond acceptors (Lipinski definition) is 4. The van der Waals surface area contributed by atoms with Crippen LogP contribution in [0.4, 0.5) is 0 Å². The van der Waals surface area contributed by atoms with E-state index in [0.29, 0.717) is 12.8 Å². The summed E-state index contributed by atoms with van der Waals surface area (Å²) in [5, 5.41) is 18.9. The Kier molecular flexibility index (Phi) is 8.90. The van der Waals surface area contributed by atoms with E-state index >= 15 is 0 Å². The number of rotatable bonds is 9. The third-order valence-electron chi connectivity index (χ3n) is 3.14. The lowest BCUT2D eigenvalue weighted by atomic mass is 9.98. The largest absolute Gasteiger partial charge is 0.458 e. The molecule has 2 unspecified atom stereocenters. The molecular formula is C17H28O4. The van der Waals surface area contributed by atoms with Crippen molar-refractivity contribution in [3.05, 3.63) is 36.0 Å². The number of hydrogen-bond donors (Lipinski definition) is 2. The average Bonchev–Trinajstić information content (AvgIpc) is 2.37. The van der Waals surface area contributed by atoms with Crippen molar-refractivity contribution < 1.29 is 19.7 Å². The van der Waals surface area contributed by atoms with Crippen molar-refractivity contribution in [1.82, 2.24) is 0 Å². The average molecular weight is 296 g/mol. The van der Waals surface area contributed by atoms with Crippen molar-refractivity contribution in [1.29, 1.82) is 0 Å². The van der Waals surface area contributed by atoms with E-state index in [9.17, 15) is 9.90 Å². The molecule has 120 valence electrons. The third-order valence-corrected chi connectivity index (χ3v) is 3.14. The van der Waals surface area contributed by atoms with E-state index in [1.165, 1.54) is 13.0 Å². The fourth-order valence-electron chi connectivity index (χ4n) is 1.83. The van der Waals surface area contributed by atoms with Crippen LogP contribution in [0.15, 0.2) is 36.0 Å². The number of carbonyl (C=O) groups is 1. The SMILES string of the molecule is C=CC(C)(O)CCC=C(C)CC(C=C(C)CO)OC(C)=O. The second kappa shape index (κ2) is 9.53. The van der Waals surface area contributed by atoms with Gasteiger partial charge in [0.2, 0.25) is 0 Å². The molecule has 0 fully saturated rings. The van der Waals surface area contributed by atoms with Crippen molar-refractivity contribution in [3.8, 4) is 0 Å². The number of ether oxygens (including phenoxy) is 1. The molecule has 0 aliphatic carbocycles. The molecule has 0 aliphatic rings. The molecular weight excluding hydrogens is 268 g/mol. The first-order chi connectivity index (χ1) is 9.70. The fraction of sp³-hybridized carbons (Fsp3) is 0.588. The van der Waals surface area contributed by atoms with Crippen LogP contribution in [0.1, 0.15) is 47.0 Å². The summed E-state index contributed by atoms with van der Waals surface area (Å²) < 4.78 is 5.23. The lowest BCUT2D eigenvalue weighted by molar-refractivity contribution is -0.144. The highest BCUT2D eigenvalue weighted by Gasteiger charge is 2.14. The predicted octanol–water partition coefficient (Wildman–Crippen LogP) is 2.91. The molecule has 2 N–H and O–H groups in total. The molecule has 0 radical (unpaired) electrons. The minimum Gasteiger partial charge on any atom is -0.458 e. The van der Waals surface area contributed by atoms with E-state index in [0.717, 1.165) is 17.6 Å². The van der Waals surface area contributed by atoms with Crippen LogP contribution >= 0.6 is 0 Å². The minimum atomic E-state index is -0.862. The Balaban J connectivity index is 4.61. The smallest absolute Gasteiger partial charge is 0.303 e. The molecule has 0 bridgehead atoms. The fourth-order valence-corrected chi connectivity index (χ4v) is 1.83. The Bertz CT molecular complexity index is 405. The molecule has 0 spiro atoms. The molecule has 0 saturated carbocycles. The maximum atomic E-state index is 11.1. The highest BCUT2D eigenvalue weighted by Crippen LogP contribution is 2.17. The summed E-state index contributed by atoms with van der Waals surface area (Å²) >= 11 is 0. The Morgan fingerprint density at radius 1 is 1.33 bits per heavy atom. The van der Waals surface area contributed by atoms with Crippen LogP contribution in [-0.2, 0) is 9.53 Å². The van der Waals surface area contributed by atoms with Gasteiger partial charge in [-0.15, -0.1) is 6.58 Å². The molecule has 0 rings (SSSR count). The minimum absolute atomic E-state index is 0.0528. The van der Waals surface area contributed by atoms with Gasteiger partial charge in [0.05, 0.1) is 12.2 Å². The van der Waals surface area contributed by atoms with Gasteiger partial charge in [-0.05, 0) is 45.3 Å². The Hall–Kier alpha value is -1.39. The van der Waals surface area contributed by atoms with Crippen molar-refractivity contribution in [2.24, 2.45) is 0 Å². The van der Waals surface area contributed by atoms with Gasteiger partial charge in [-0.1, -0.05) is 17.7 Å². The van der Waals surface area contributed by atoms with Crippen molar-refractivity contribution >= 4 is 5.97 Å². The Labute approximate surface area is 127 Å². The third kappa shape index (κ3) is 10.0. The van der Waals surface area contributed by atoms with Gasteiger partial charge in [-0.25, -0.2) is 0 Å². The topological polar surface area (TPSA) is 66.8 Å². The van der Waals surface area contributed by atoms with Crippen molar-refractivity contribution in [3.63, 3.8) is 0 Å². The van der Waals surface area contributed by atoms with Gasteiger partial charge in [-0.3, -0.25) is 4.79 Å². The molecule has 0 aromatic rings. The van der Waals surface area contributed by atoms with Crippen LogP contribution in [0.5, 0.6) is 0 Å². The summed E-state index contributed by atoms with van der Waals surface area (Å²) in [7, 11) is 0. The standard InChI is InChI=1S/C17H28O4/c1-6-17(5,20)9-7-8-13(2)10-16(21-15(4)19)11-14(3)12-18/h6,8,11,16,18,20H,1,7,9-10,12H2,2-5H3. The van der Waals surface area contributed by atoms with Crippen LogP contribution in [0.3, 0.4) is 0 Å². The van der Waals surface area contributed by atoms with Crippen molar-refractivity contribution in [2.75, 3.05) is 6.61 Å². The van der Waals surface area contributed by atoms with E-state index in [1.807, 2.05) is 13.0 Å². The maximum Gasteiger partial charge on any atom is 0.303 e. The zero-order valence-electron chi connectivity index (χ0n) is 13.6. The Morgan fingerprint density at radius 2 is 1.95 bits per heavy atom. The van der Waals surface area contributed by atoms with Gasteiger partial charge >= 0.3 is 5.97 Å². The van der Waals surface area contributed by atoms with E-state index in [-0.39, 0.29) is 18.7 Å². The van der Waals surface area contributed by atoms with Crippen LogP contribution in [-0.4, -0.2) is 34.5 Å². The zero-order valence-corrected chi connectivity index (χ0v) is 13.6. The van der Waals surface area contributed by atoms with Crippen LogP contribution < -0.4 is 0 Å². The van der Waals surface area contributed by atoms with E-state index in [1.54, 1.807) is 19.9 Å². The van der Waals surface area contributed by atoms with Crippen LogP contribution in [0.2, 0.25) is 0 Å². The molecule has 0 saturated heterocycles. The highest BCUT2D eigenvalue weighted by molar-refractivity contribution is 5.66. The normalized spacial score (nSPS) is 17.0. The summed E-state index contributed by atoms with van der Waals surface area (Å²) in [4.78, 5) is 11.1. The van der Waals surface area contributed by atoms with E-state index < -0.39 is 5.60 Å². The quantitative estimate of drug-likeness (QED) is 0.507. The molecule has 21 heavy (non-hydrogen) atoms. The molecule has 4 nitrogen and oxygen atoms in total. The lowest BCUT2D eigenvalue weighted by Gasteiger charge is -2.18. The monoisotopic (exact) mass is 296 g/mol. The van der Waals surface area contributed by atoms with Gasteiger partial charge in [-0.2, -0.15) is 0 Å². The summed E-state index contributed by atoms with van der Waals surface area (Å²) in [6, 6.07) is 0. The van der Waals surface area contributed by atoms with Gasteiger partial charge in [0.1, 0.15) is 6.10 Å². The molecule has 2 atom stereocenters. The summed E-state index contributed by atoms with van der Waals surface area (Å²) in [5.74, 6) is -0.343. The summed E-state index contributed by atoms with van der Waals surface area (Å²) in [6.45, 7) is 10.4. The first kappa shape index (κ1) is 19.6. The van der Waals surface area contributed by atoms with Gasteiger partial charge in [0.25, 0.3) is 0 Å². The summed E-state index contributed by atoms with van der Waals surface area (Å²) in [5.41, 5.74) is 0.978. The number of esters is 1. The lowest BCUT2D eigenvalue weighted by Crippen LogP contribution is -2.19. The van der Waals surface area contributed by atoms with Crippen LogP contribution in [0.25, 0.3) is 0 Å².